The molecule has 0 bridgehead atoms. The highest BCUT2D eigenvalue weighted by Crippen LogP contribution is 2.24. The van der Waals surface area contributed by atoms with Crippen LogP contribution in [-0.2, 0) is 4.79 Å². The quantitative estimate of drug-likeness (QED) is 0.853. The topological polar surface area (TPSA) is 58.5 Å². The molecule has 1 aromatic rings. The van der Waals surface area contributed by atoms with Gasteiger partial charge in [-0.2, -0.15) is 0 Å². The normalized spacial score (nSPS) is 24.8. The molecule has 1 heterocycles. The summed E-state index contributed by atoms with van der Waals surface area (Å²) in [6.07, 6.45) is 4.37. The van der Waals surface area contributed by atoms with E-state index >= 15 is 0 Å². The molecule has 1 aliphatic carbocycles. The SMILES string of the molecule is O=C1N[C@H]2CCCC[C@H]2N=C1CC(=O)c1ccc(Br)cc1. The lowest BCUT2D eigenvalue weighted by atomic mass is 9.88. The van der Waals surface area contributed by atoms with Crippen molar-refractivity contribution in [2.24, 2.45) is 4.99 Å². The number of hydrogen-bond donors (Lipinski definition) is 1. The second-order valence-corrected chi connectivity index (χ2v) is 6.53. The van der Waals surface area contributed by atoms with Crippen LogP contribution in [0.5, 0.6) is 0 Å². The number of nitrogens with one attached hydrogen (secondary N) is 1. The van der Waals surface area contributed by atoms with Crippen molar-refractivity contribution in [3.8, 4) is 0 Å². The van der Waals surface area contributed by atoms with E-state index in [0.717, 1.165) is 30.2 Å². The van der Waals surface area contributed by atoms with Crippen LogP contribution in [-0.4, -0.2) is 29.5 Å². The minimum absolute atomic E-state index is 0.0642. The molecule has 0 saturated heterocycles. The maximum atomic E-state index is 12.3. The van der Waals surface area contributed by atoms with Gasteiger partial charge in [0.2, 0.25) is 0 Å². The fourth-order valence-electron chi connectivity index (χ4n) is 2.96. The van der Waals surface area contributed by atoms with Crippen LogP contribution in [0.3, 0.4) is 0 Å². The van der Waals surface area contributed by atoms with Crippen molar-refractivity contribution in [3.05, 3.63) is 34.3 Å². The van der Waals surface area contributed by atoms with Gasteiger partial charge in [-0.15, -0.1) is 0 Å². The number of Topliss-reactive ketones (excluding diaryl/α,β-unsaturated/α-hetero) is 1. The first-order valence-electron chi connectivity index (χ1n) is 7.30. The molecule has 5 heteroatoms. The first kappa shape index (κ1) is 14.4. The lowest BCUT2D eigenvalue weighted by Gasteiger charge is -2.33. The zero-order valence-corrected chi connectivity index (χ0v) is 13.2. The fourth-order valence-corrected chi connectivity index (χ4v) is 3.22. The smallest absolute Gasteiger partial charge is 0.265 e. The van der Waals surface area contributed by atoms with E-state index in [-0.39, 0.29) is 30.2 Å². The number of halogens is 1. The van der Waals surface area contributed by atoms with Gasteiger partial charge in [-0.05, 0) is 25.0 Å². The highest BCUT2D eigenvalue weighted by Gasteiger charge is 2.33. The Morgan fingerprint density at radius 1 is 1.24 bits per heavy atom. The Bertz CT molecular complexity index is 595. The van der Waals surface area contributed by atoms with E-state index in [1.54, 1.807) is 12.1 Å². The molecule has 0 spiro atoms. The number of benzene rings is 1. The van der Waals surface area contributed by atoms with Crippen LogP contribution in [0.4, 0.5) is 0 Å². The zero-order valence-electron chi connectivity index (χ0n) is 11.6. The fraction of sp³-hybridized carbons (Fsp3) is 0.438. The number of aliphatic imine (C=N–C) groups is 1. The monoisotopic (exact) mass is 348 g/mol. The first-order chi connectivity index (χ1) is 10.1. The molecule has 21 heavy (non-hydrogen) atoms. The highest BCUT2D eigenvalue weighted by molar-refractivity contribution is 9.10. The van der Waals surface area contributed by atoms with Crippen LogP contribution in [0.25, 0.3) is 0 Å². The minimum Gasteiger partial charge on any atom is -0.346 e. The standard InChI is InChI=1S/C16H17BrN2O2/c17-11-7-5-10(6-8-11)15(20)9-14-16(21)19-13-4-2-1-3-12(13)18-14/h5-8,12-13H,1-4,9H2,(H,19,21)/t12-,13+/m1/s1. The van der Waals surface area contributed by atoms with E-state index in [1.165, 1.54) is 0 Å². The van der Waals surface area contributed by atoms with Crippen LogP contribution in [0.1, 0.15) is 42.5 Å². The Morgan fingerprint density at radius 3 is 2.71 bits per heavy atom. The Kier molecular flexibility index (Phi) is 4.19. The molecule has 110 valence electrons. The maximum Gasteiger partial charge on any atom is 0.265 e. The van der Waals surface area contributed by atoms with Crippen molar-refractivity contribution in [1.82, 2.24) is 5.32 Å². The van der Waals surface area contributed by atoms with Gasteiger partial charge >= 0.3 is 0 Å². The van der Waals surface area contributed by atoms with Crippen molar-refractivity contribution < 1.29 is 9.59 Å². The van der Waals surface area contributed by atoms with E-state index in [1.807, 2.05) is 12.1 Å². The van der Waals surface area contributed by atoms with Crippen molar-refractivity contribution in [2.45, 2.75) is 44.2 Å². The van der Waals surface area contributed by atoms with Gasteiger partial charge in [0.15, 0.2) is 5.78 Å². The molecule has 0 aromatic heterocycles. The van der Waals surface area contributed by atoms with E-state index in [9.17, 15) is 9.59 Å². The van der Waals surface area contributed by atoms with Gasteiger partial charge in [0.1, 0.15) is 5.71 Å². The van der Waals surface area contributed by atoms with E-state index in [0.29, 0.717) is 11.3 Å². The highest BCUT2D eigenvalue weighted by atomic mass is 79.9. The first-order valence-corrected chi connectivity index (χ1v) is 8.09. The summed E-state index contributed by atoms with van der Waals surface area (Å²) in [4.78, 5) is 28.9. The van der Waals surface area contributed by atoms with Gasteiger partial charge < -0.3 is 5.32 Å². The second-order valence-electron chi connectivity index (χ2n) is 5.61. The molecule has 2 atom stereocenters. The Labute approximate surface area is 132 Å². The lowest BCUT2D eigenvalue weighted by molar-refractivity contribution is -0.116. The molecule has 1 aliphatic heterocycles. The third-order valence-electron chi connectivity index (χ3n) is 4.12. The molecular formula is C16H17BrN2O2. The van der Waals surface area contributed by atoms with Crippen LogP contribution in [0, 0.1) is 0 Å². The molecule has 1 saturated carbocycles. The molecule has 1 N–H and O–H groups in total. The summed E-state index contributed by atoms with van der Waals surface area (Å²) < 4.78 is 0.928. The number of carbonyl (C=O) groups is 2. The number of carbonyl (C=O) groups excluding carboxylic acids is 2. The second kappa shape index (κ2) is 6.10. The molecule has 1 fully saturated rings. The summed E-state index contributed by atoms with van der Waals surface area (Å²) in [5.74, 6) is -0.241. The third-order valence-corrected chi connectivity index (χ3v) is 4.65. The van der Waals surface area contributed by atoms with Crippen molar-refractivity contribution in [1.29, 1.82) is 0 Å². The molecular weight excluding hydrogens is 332 g/mol. The lowest BCUT2D eigenvalue weighted by Crippen LogP contribution is -2.51. The summed E-state index contributed by atoms with van der Waals surface area (Å²) in [7, 11) is 0. The summed E-state index contributed by atoms with van der Waals surface area (Å²) in [6.45, 7) is 0. The van der Waals surface area contributed by atoms with Crippen molar-refractivity contribution in [3.63, 3.8) is 0 Å². The van der Waals surface area contributed by atoms with Crippen LogP contribution < -0.4 is 5.32 Å². The third kappa shape index (κ3) is 3.23. The summed E-state index contributed by atoms with van der Waals surface area (Å²) in [6, 6.07) is 7.50. The van der Waals surface area contributed by atoms with Crippen molar-refractivity contribution in [2.75, 3.05) is 0 Å². The van der Waals surface area contributed by atoms with Gasteiger partial charge in [0.25, 0.3) is 5.91 Å². The molecule has 3 rings (SSSR count). The van der Waals surface area contributed by atoms with Gasteiger partial charge in [0.05, 0.1) is 18.5 Å². The summed E-state index contributed by atoms with van der Waals surface area (Å²) in [5, 5.41) is 3.00. The van der Waals surface area contributed by atoms with Gasteiger partial charge in [-0.25, -0.2) is 0 Å². The predicted molar refractivity (Wildman–Crippen MR) is 84.7 cm³/mol. The number of rotatable bonds is 3. The van der Waals surface area contributed by atoms with Crippen LogP contribution in [0.2, 0.25) is 0 Å². The summed E-state index contributed by atoms with van der Waals surface area (Å²) in [5.41, 5.74) is 0.991. The molecule has 1 amide bonds. The number of hydrogen-bond acceptors (Lipinski definition) is 3. The van der Waals surface area contributed by atoms with Gasteiger partial charge in [-0.3, -0.25) is 14.6 Å². The zero-order chi connectivity index (χ0) is 14.8. The van der Waals surface area contributed by atoms with E-state index < -0.39 is 0 Å². The predicted octanol–water partition coefficient (Wildman–Crippen LogP) is 2.90. The molecule has 4 nitrogen and oxygen atoms in total. The number of amides is 1. The average molecular weight is 349 g/mol. The van der Waals surface area contributed by atoms with Crippen molar-refractivity contribution >= 4 is 33.3 Å². The Hall–Kier alpha value is -1.49. The number of nitrogens with zero attached hydrogens (tertiary/aromatic N) is 1. The van der Waals surface area contributed by atoms with E-state index in [2.05, 4.69) is 26.2 Å². The van der Waals surface area contributed by atoms with Crippen LogP contribution in [0.15, 0.2) is 33.7 Å². The number of ketones is 1. The average Bonchev–Trinajstić information content (AvgIpc) is 2.48. The Morgan fingerprint density at radius 2 is 1.95 bits per heavy atom. The summed E-state index contributed by atoms with van der Waals surface area (Å²) >= 11 is 3.34. The van der Waals surface area contributed by atoms with Gasteiger partial charge in [0, 0.05) is 10.0 Å². The minimum atomic E-state index is -0.177. The molecule has 0 radical (unpaired) electrons. The molecule has 0 unspecified atom stereocenters. The van der Waals surface area contributed by atoms with Crippen LogP contribution >= 0.6 is 15.9 Å². The largest absolute Gasteiger partial charge is 0.346 e. The van der Waals surface area contributed by atoms with Gasteiger partial charge in [-0.1, -0.05) is 40.9 Å². The molecule has 2 aliphatic rings. The Balaban J connectivity index is 1.74. The van der Waals surface area contributed by atoms with E-state index in [4.69, 9.17) is 0 Å². The molecule has 1 aromatic carbocycles. The number of fused-ring (bicyclic) bond motifs is 1. The maximum absolute atomic E-state index is 12.3.